The second kappa shape index (κ2) is 6.06. The van der Waals surface area contributed by atoms with Crippen molar-refractivity contribution in [1.29, 1.82) is 0 Å². The number of carbonyl (C=O) groups excluding carboxylic acids is 1. The molecule has 0 atom stereocenters. The van der Waals surface area contributed by atoms with Crippen LogP contribution in [0.5, 0.6) is 0 Å². The summed E-state index contributed by atoms with van der Waals surface area (Å²) in [5.41, 5.74) is 2.04. The van der Waals surface area contributed by atoms with Crippen LogP contribution in [-0.2, 0) is 0 Å². The SMILES string of the molecule is CNCC1(CNC(=O)c2cc(Br)ccc2C)CCC1. The Hall–Kier alpha value is -0.870. The highest BCUT2D eigenvalue weighted by atomic mass is 79.9. The van der Waals surface area contributed by atoms with Gasteiger partial charge in [-0.15, -0.1) is 0 Å². The van der Waals surface area contributed by atoms with Crippen molar-refractivity contribution in [3.63, 3.8) is 0 Å². The van der Waals surface area contributed by atoms with Gasteiger partial charge in [-0.1, -0.05) is 28.4 Å². The Labute approximate surface area is 123 Å². The first-order chi connectivity index (χ1) is 9.06. The van der Waals surface area contributed by atoms with Crippen LogP contribution in [0.2, 0.25) is 0 Å². The molecule has 0 heterocycles. The van der Waals surface area contributed by atoms with Gasteiger partial charge in [0.1, 0.15) is 0 Å². The van der Waals surface area contributed by atoms with Gasteiger partial charge < -0.3 is 10.6 Å². The maximum atomic E-state index is 12.3. The van der Waals surface area contributed by atoms with Crippen LogP contribution in [0, 0.1) is 12.3 Å². The summed E-state index contributed by atoms with van der Waals surface area (Å²) < 4.78 is 0.942. The number of halogens is 1. The average molecular weight is 325 g/mol. The number of amides is 1. The first-order valence-corrected chi connectivity index (χ1v) is 7.55. The van der Waals surface area contributed by atoms with Crippen molar-refractivity contribution in [1.82, 2.24) is 10.6 Å². The van der Waals surface area contributed by atoms with Gasteiger partial charge in [-0.25, -0.2) is 0 Å². The van der Waals surface area contributed by atoms with E-state index in [2.05, 4.69) is 26.6 Å². The average Bonchev–Trinajstić information content (AvgIpc) is 2.35. The maximum Gasteiger partial charge on any atom is 0.251 e. The first kappa shape index (κ1) is 14.5. The van der Waals surface area contributed by atoms with Crippen molar-refractivity contribution in [2.75, 3.05) is 20.1 Å². The van der Waals surface area contributed by atoms with Crippen LogP contribution in [0.1, 0.15) is 35.2 Å². The molecule has 1 aromatic rings. The van der Waals surface area contributed by atoms with Crippen LogP contribution in [0.3, 0.4) is 0 Å². The molecule has 0 aliphatic heterocycles. The molecular formula is C15H21BrN2O. The summed E-state index contributed by atoms with van der Waals surface area (Å²) in [6, 6.07) is 5.81. The number of nitrogens with one attached hydrogen (secondary N) is 2. The predicted octanol–water partition coefficient (Wildman–Crippen LogP) is 2.88. The zero-order valence-corrected chi connectivity index (χ0v) is 13.1. The smallest absolute Gasteiger partial charge is 0.251 e. The Morgan fingerprint density at radius 3 is 2.68 bits per heavy atom. The number of hydrogen-bond acceptors (Lipinski definition) is 2. The molecule has 3 nitrogen and oxygen atoms in total. The molecule has 19 heavy (non-hydrogen) atoms. The number of benzene rings is 1. The van der Waals surface area contributed by atoms with Gasteiger partial charge >= 0.3 is 0 Å². The minimum atomic E-state index is 0.0289. The number of rotatable bonds is 5. The lowest BCUT2D eigenvalue weighted by molar-refractivity contribution is 0.0861. The fourth-order valence-corrected chi connectivity index (χ4v) is 3.03. The summed E-state index contributed by atoms with van der Waals surface area (Å²) >= 11 is 3.41. The summed E-state index contributed by atoms with van der Waals surface area (Å²) in [4.78, 5) is 12.3. The molecule has 1 aromatic carbocycles. The van der Waals surface area contributed by atoms with Crippen molar-refractivity contribution in [3.05, 3.63) is 33.8 Å². The molecule has 0 spiro atoms. The van der Waals surface area contributed by atoms with Gasteiger partial charge in [0.15, 0.2) is 0 Å². The van der Waals surface area contributed by atoms with E-state index in [1.54, 1.807) is 0 Å². The lowest BCUT2D eigenvalue weighted by atomic mass is 9.68. The fraction of sp³-hybridized carbons (Fsp3) is 0.533. The molecule has 0 aromatic heterocycles. The molecule has 0 unspecified atom stereocenters. The van der Waals surface area contributed by atoms with Crippen LogP contribution in [0.4, 0.5) is 0 Å². The molecule has 1 aliphatic rings. The molecule has 1 fully saturated rings. The van der Waals surface area contributed by atoms with E-state index in [4.69, 9.17) is 0 Å². The molecule has 1 aliphatic carbocycles. The van der Waals surface area contributed by atoms with Crippen LogP contribution in [-0.4, -0.2) is 26.0 Å². The van der Waals surface area contributed by atoms with Crippen molar-refractivity contribution in [2.24, 2.45) is 5.41 Å². The van der Waals surface area contributed by atoms with Crippen molar-refractivity contribution in [2.45, 2.75) is 26.2 Å². The summed E-state index contributed by atoms with van der Waals surface area (Å²) in [6.45, 7) is 3.71. The molecule has 104 valence electrons. The molecule has 1 saturated carbocycles. The molecule has 1 amide bonds. The minimum absolute atomic E-state index is 0.0289. The second-order valence-electron chi connectivity index (χ2n) is 5.53. The highest BCUT2D eigenvalue weighted by molar-refractivity contribution is 9.10. The lowest BCUT2D eigenvalue weighted by Crippen LogP contribution is -2.47. The quantitative estimate of drug-likeness (QED) is 0.874. The third-order valence-electron chi connectivity index (χ3n) is 4.03. The van der Waals surface area contributed by atoms with E-state index in [-0.39, 0.29) is 11.3 Å². The highest BCUT2D eigenvalue weighted by Gasteiger charge is 2.36. The standard InChI is InChI=1S/C15H21BrN2O/c1-11-4-5-12(16)8-13(11)14(19)18-10-15(9-17-2)6-3-7-15/h4-5,8,17H,3,6-7,9-10H2,1-2H3,(H,18,19). The van der Waals surface area contributed by atoms with Crippen LogP contribution in [0.15, 0.2) is 22.7 Å². The molecule has 4 heteroatoms. The van der Waals surface area contributed by atoms with Gasteiger partial charge in [-0.05, 0) is 44.5 Å². The number of hydrogen-bond donors (Lipinski definition) is 2. The van der Waals surface area contributed by atoms with Gasteiger partial charge in [0, 0.05) is 28.5 Å². The Bertz CT molecular complexity index is 469. The monoisotopic (exact) mass is 324 g/mol. The maximum absolute atomic E-state index is 12.3. The molecule has 2 rings (SSSR count). The van der Waals surface area contributed by atoms with E-state index in [1.807, 2.05) is 32.2 Å². The van der Waals surface area contributed by atoms with Crippen molar-refractivity contribution < 1.29 is 4.79 Å². The summed E-state index contributed by atoms with van der Waals surface area (Å²) in [6.07, 6.45) is 3.67. The van der Waals surface area contributed by atoms with E-state index in [1.165, 1.54) is 19.3 Å². The van der Waals surface area contributed by atoms with Gasteiger partial charge in [-0.3, -0.25) is 4.79 Å². The van der Waals surface area contributed by atoms with Gasteiger partial charge in [0.05, 0.1) is 0 Å². The Balaban J connectivity index is 1.99. The highest BCUT2D eigenvalue weighted by Crippen LogP contribution is 2.39. The van der Waals surface area contributed by atoms with E-state index in [0.29, 0.717) is 0 Å². The Morgan fingerprint density at radius 2 is 2.11 bits per heavy atom. The zero-order chi connectivity index (χ0) is 13.9. The zero-order valence-electron chi connectivity index (χ0n) is 11.6. The fourth-order valence-electron chi connectivity index (χ4n) is 2.67. The number of aryl methyl sites for hydroxylation is 1. The first-order valence-electron chi connectivity index (χ1n) is 6.75. The molecule has 0 bridgehead atoms. The second-order valence-corrected chi connectivity index (χ2v) is 6.44. The van der Waals surface area contributed by atoms with Crippen molar-refractivity contribution in [3.8, 4) is 0 Å². The Kier molecular flexibility index (Phi) is 4.63. The summed E-state index contributed by atoms with van der Waals surface area (Å²) in [7, 11) is 1.97. The minimum Gasteiger partial charge on any atom is -0.351 e. The van der Waals surface area contributed by atoms with Crippen LogP contribution >= 0.6 is 15.9 Å². The third kappa shape index (κ3) is 3.37. The molecular weight excluding hydrogens is 304 g/mol. The molecule has 0 saturated heterocycles. The van der Waals surface area contributed by atoms with E-state index in [0.717, 1.165) is 28.7 Å². The summed E-state index contributed by atoms with van der Waals surface area (Å²) in [5.74, 6) is 0.0289. The normalized spacial score (nSPS) is 16.8. The van der Waals surface area contributed by atoms with E-state index in [9.17, 15) is 4.79 Å². The molecule has 0 radical (unpaired) electrons. The Morgan fingerprint density at radius 1 is 1.37 bits per heavy atom. The van der Waals surface area contributed by atoms with E-state index < -0.39 is 0 Å². The predicted molar refractivity (Wildman–Crippen MR) is 81.4 cm³/mol. The third-order valence-corrected chi connectivity index (χ3v) is 4.53. The molecule has 2 N–H and O–H groups in total. The largest absolute Gasteiger partial charge is 0.351 e. The van der Waals surface area contributed by atoms with Crippen LogP contribution in [0.25, 0.3) is 0 Å². The van der Waals surface area contributed by atoms with Crippen molar-refractivity contribution >= 4 is 21.8 Å². The van der Waals surface area contributed by atoms with Crippen LogP contribution < -0.4 is 10.6 Å². The summed E-state index contributed by atoms with van der Waals surface area (Å²) in [5, 5.41) is 6.33. The van der Waals surface area contributed by atoms with Gasteiger partial charge in [-0.2, -0.15) is 0 Å². The lowest BCUT2D eigenvalue weighted by Gasteiger charge is -2.42. The topological polar surface area (TPSA) is 41.1 Å². The van der Waals surface area contributed by atoms with Gasteiger partial charge in [0.2, 0.25) is 0 Å². The number of carbonyl (C=O) groups is 1. The van der Waals surface area contributed by atoms with E-state index >= 15 is 0 Å². The van der Waals surface area contributed by atoms with Gasteiger partial charge in [0.25, 0.3) is 5.91 Å².